The summed E-state index contributed by atoms with van der Waals surface area (Å²) < 4.78 is 0. The molecule has 3 aliphatic heterocycles. The van der Waals surface area contributed by atoms with Gasteiger partial charge in [-0.2, -0.15) is 0 Å². The fourth-order valence-electron chi connectivity index (χ4n) is 5.21. The highest BCUT2D eigenvalue weighted by molar-refractivity contribution is 5.94. The van der Waals surface area contributed by atoms with Crippen LogP contribution in [0.3, 0.4) is 0 Å². The zero-order valence-corrected chi connectivity index (χ0v) is 15.8. The van der Waals surface area contributed by atoms with Crippen molar-refractivity contribution in [1.29, 1.82) is 0 Å². The highest BCUT2D eigenvalue weighted by atomic mass is 16.2. The first-order valence-electron chi connectivity index (χ1n) is 9.94. The van der Waals surface area contributed by atoms with Crippen LogP contribution in [0.25, 0.3) is 0 Å². The third-order valence-corrected chi connectivity index (χ3v) is 6.36. The van der Waals surface area contributed by atoms with Crippen LogP contribution in [0, 0.1) is 11.8 Å². The second kappa shape index (κ2) is 7.33. The highest BCUT2D eigenvalue weighted by Crippen LogP contribution is 2.41. The van der Waals surface area contributed by atoms with E-state index < -0.39 is 0 Å². The Morgan fingerprint density at radius 3 is 2.63 bits per heavy atom. The quantitative estimate of drug-likeness (QED) is 0.881. The highest BCUT2D eigenvalue weighted by Gasteiger charge is 2.49. The van der Waals surface area contributed by atoms with Gasteiger partial charge in [0.05, 0.1) is 6.04 Å². The Hall–Kier alpha value is -2.37. The summed E-state index contributed by atoms with van der Waals surface area (Å²) in [5.41, 5.74) is 0.715. The monoisotopic (exact) mass is 369 g/mol. The minimum absolute atomic E-state index is 0.0191. The van der Waals surface area contributed by atoms with Gasteiger partial charge in [-0.05, 0) is 43.2 Å². The molecule has 3 fully saturated rings. The van der Waals surface area contributed by atoms with E-state index in [0.717, 1.165) is 19.3 Å². The lowest BCUT2D eigenvalue weighted by molar-refractivity contribution is -0.151. The molecule has 1 N–H and O–H groups in total. The summed E-state index contributed by atoms with van der Waals surface area (Å²) in [7, 11) is 0. The van der Waals surface area contributed by atoms with Crippen molar-refractivity contribution in [3.8, 4) is 0 Å². The maximum atomic E-state index is 13.0. The number of carbonyl (C=O) groups is 3. The van der Waals surface area contributed by atoms with Crippen molar-refractivity contribution in [2.75, 3.05) is 19.6 Å². The smallest absolute Gasteiger partial charge is 0.253 e. The number of likely N-dealkylation sites (tertiary alicyclic amines) is 1. The zero-order valence-electron chi connectivity index (χ0n) is 15.8. The lowest BCUT2D eigenvalue weighted by atomic mass is 9.72. The summed E-state index contributed by atoms with van der Waals surface area (Å²) in [6.07, 6.45) is 3.53. The standard InChI is InChI=1S/C21H27N3O3/c1-14(25)22-11-19-17-10-16(18-8-5-9-20(26)24(18)19)12-23(13-17)21(27)15-6-3-2-4-7-15/h2-4,6-7,16-19H,5,8-13H2,1H3,(H,22,25)/t16-,17+,18+,19+/m1/s1. The minimum atomic E-state index is -0.0776. The molecule has 4 rings (SSSR count). The zero-order chi connectivity index (χ0) is 19.0. The summed E-state index contributed by atoms with van der Waals surface area (Å²) in [6.45, 7) is 3.34. The molecule has 1 aromatic carbocycles. The van der Waals surface area contributed by atoms with Crippen LogP contribution in [-0.2, 0) is 9.59 Å². The molecule has 4 atom stereocenters. The second-order valence-corrected chi connectivity index (χ2v) is 8.10. The Bertz CT molecular complexity index is 735. The van der Waals surface area contributed by atoms with Crippen LogP contribution in [0.4, 0.5) is 0 Å². The first-order chi connectivity index (χ1) is 13.0. The number of hydrogen-bond acceptors (Lipinski definition) is 3. The van der Waals surface area contributed by atoms with E-state index in [9.17, 15) is 14.4 Å². The van der Waals surface area contributed by atoms with Gasteiger partial charge in [-0.3, -0.25) is 14.4 Å². The van der Waals surface area contributed by atoms with Crippen molar-refractivity contribution < 1.29 is 14.4 Å². The average molecular weight is 369 g/mol. The van der Waals surface area contributed by atoms with Crippen LogP contribution in [0.1, 0.15) is 43.0 Å². The molecule has 144 valence electrons. The van der Waals surface area contributed by atoms with Crippen LogP contribution in [-0.4, -0.2) is 59.2 Å². The van der Waals surface area contributed by atoms with Gasteiger partial charge in [0.1, 0.15) is 0 Å². The van der Waals surface area contributed by atoms with E-state index in [0.29, 0.717) is 37.5 Å². The molecule has 0 aromatic heterocycles. The summed E-state index contributed by atoms with van der Waals surface area (Å²) in [5, 5.41) is 2.91. The molecule has 2 bridgehead atoms. The van der Waals surface area contributed by atoms with Gasteiger partial charge < -0.3 is 15.1 Å². The van der Waals surface area contributed by atoms with E-state index in [2.05, 4.69) is 10.2 Å². The number of nitrogens with zero attached hydrogens (tertiary/aromatic N) is 2. The van der Waals surface area contributed by atoms with Crippen LogP contribution in [0.15, 0.2) is 30.3 Å². The number of hydrogen-bond donors (Lipinski definition) is 1. The van der Waals surface area contributed by atoms with E-state index in [4.69, 9.17) is 0 Å². The van der Waals surface area contributed by atoms with Crippen LogP contribution < -0.4 is 5.32 Å². The molecule has 0 aliphatic carbocycles. The normalized spacial score (nSPS) is 29.9. The number of benzene rings is 1. The predicted octanol–water partition coefficient (Wildman–Crippen LogP) is 1.66. The Morgan fingerprint density at radius 1 is 1.15 bits per heavy atom. The number of carbonyl (C=O) groups excluding carboxylic acids is 3. The molecule has 0 unspecified atom stereocenters. The predicted molar refractivity (Wildman–Crippen MR) is 101 cm³/mol. The van der Waals surface area contributed by atoms with Gasteiger partial charge in [-0.15, -0.1) is 0 Å². The van der Waals surface area contributed by atoms with Crippen LogP contribution in [0.5, 0.6) is 0 Å². The van der Waals surface area contributed by atoms with Crippen molar-refractivity contribution in [3.63, 3.8) is 0 Å². The first kappa shape index (κ1) is 18.0. The summed E-state index contributed by atoms with van der Waals surface area (Å²) in [6, 6.07) is 9.58. The van der Waals surface area contributed by atoms with E-state index in [1.807, 2.05) is 35.2 Å². The molecule has 3 amide bonds. The van der Waals surface area contributed by atoms with Crippen LogP contribution >= 0.6 is 0 Å². The maximum Gasteiger partial charge on any atom is 0.253 e. The molecule has 0 radical (unpaired) electrons. The number of fused-ring (bicyclic) bond motifs is 4. The lowest BCUT2D eigenvalue weighted by Gasteiger charge is -2.56. The largest absolute Gasteiger partial charge is 0.354 e. The molecule has 1 aromatic rings. The van der Waals surface area contributed by atoms with Gasteiger partial charge in [0, 0.05) is 44.6 Å². The molecular formula is C21H27N3O3. The summed E-state index contributed by atoms with van der Waals surface area (Å²) in [4.78, 5) is 41.2. The third kappa shape index (κ3) is 3.45. The van der Waals surface area contributed by atoms with Crippen molar-refractivity contribution in [3.05, 3.63) is 35.9 Å². The lowest BCUT2D eigenvalue weighted by Crippen LogP contribution is -2.67. The Labute approximate surface area is 159 Å². The van der Waals surface area contributed by atoms with Crippen molar-refractivity contribution in [2.24, 2.45) is 11.8 Å². The number of piperidine rings is 3. The molecule has 0 spiro atoms. The summed E-state index contributed by atoms with van der Waals surface area (Å²) in [5.74, 6) is 0.736. The summed E-state index contributed by atoms with van der Waals surface area (Å²) >= 11 is 0. The third-order valence-electron chi connectivity index (χ3n) is 6.36. The number of amides is 3. The molecule has 3 saturated heterocycles. The van der Waals surface area contributed by atoms with E-state index in [1.54, 1.807) is 0 Å². The molecule has 27 heavy (non-hydrogen) atoms. The molecule has 3 aliphatic rings. The van der Waals surface area contributed by atoms with Gasteiger partial charge >= 0.3 is 0 Å². The second-order valence-electron chi connectivity index (χ2n) is 8.10. The molecule has 6 nitrogen and oxygen atoms in total. The van der Waals surface area contributed by atoms with E-state index >= 15 is 0 Å². The van der Waals surface area contributed by atoms with Gasteiger partial charge in [0.25, 0.3) is 5.91 Å². The fraction of sp³-hybridized carbons (Fsp3) is 0.571. The van der Waals surface area contributed by atoms with Gasteiger partial charge in [0.15, 0.2) is 0 Å². The minimum Gasteiger partial charge on any atom is -0.354 e. The molecule has 6 heteroatoms. The maximum absolute atomic E-state index is 13.0. The van der Waals surface area contributed by atoms with Crippen LogP contribution in [0.2, 0.25) is 0 Å². The molecular weight excluding hydrogens is 342 g/mol. The number of rotatable bonds is 3. The average Bonchev–Trinajstić information content (AvgIpc) is 2.68. The SMILES string of the molecule is CC(=O)NC[C@H]1[C@H]2C[C@H](CN(C(=O)c3ccccc3)C2)[C@@H]2CCCC(=O)N21. The Kier molecular flexibility index (Phi) is 4.89. The molecule has 3 heterocycles. The van der Waals surface area contributed by atoms with Gasteiger partial charge in [-0.25, -0.2) is 0 Å². The molecule has 0 saturated carbocycles. The Morgan fingerprint density at radius 2 is 1.89 bits per heavy atom. The van der Waals surface area contributed by atoms with Crippen molar-refractivity contribution in [2.45, 2.75) is 44.7 Å². The van der Waals surface area contributed by atoms with Gasteiger partial charge in [-0.1, -0.05) is 18.2 Å². The Balaban J connectivity index is 1.59. The van der Waals surface area contributed by atoms with Crippen molar-refractivity contribution in [1.82, 2.24) is 15.1 Å². The van der Waals surface area contributed by atoms with E-state index in [-0.39, 0.29) is 35.7 Å². The first-order valence-corrected chi connectivity index (χ1v) is 9.94. The van der Waals surface area contributed by atoms with E-state index in [1.165, 1.54) is 6.92 Å². The fourth-order valence-corrected chi connectivity index (χ4v) is 5.21. The topological polar surface area (TPSA) is 69.7 Å². The van der Waals surface area contributed by atoms with Gasteiger partial charge in [0.2, 0.25) is 11.8 Å². The van der Waals surface area contributed by atoms with Crippen molar-refractivity contribution >= 4 is 17.7 Å². The number of nitrogens with one attached hydrogen (secondary N) is 1.